The maximum absolute atomic E-state index is 11.8. The maximum atomic E-state index is 11.8. The topological polar surface area (TPSA) is 87.7 Å². The molecule has 0 fully saturated rings. The molecule has 2 amide bonds. The molecule has 0 rings (SSSR count). The molecule has 0 aliphatic rings. The van der Waals surface area contributed by atoms with Gasteiger partial charge in [-0.05, 0) is 17.8 Å². The number of aliphatic carboxylic acids is 1. The molecule has 0 bridgehead atoms. The van der Waals surface area contributed by atoms with Gasteiger partial charge in [0.05, 0.1) is 6.42 Å². The van der Waals surface area contributed by atoms with Crippen LogP contribution in [-0.4, -0.2) is 43.4 Å². The minimum absolute atomic E-state index is 0.0620. The zero-order chi connectivity index (χ0) is 15.8. The Morgan fingerprint density at radius 3 is 2.35 bits per heavy atom. The molecule has 1 atom stereocenters. The average Bonchev–Trinajstić information content (AvgIpc) is 2.33. The highest BCUT2D eigenvalue weighted by molar-refractivity contribution is 5.75. The van der Waals surface area contributed by atoms with Crippen molar-refractivity contribution in [1.82, 2.24) is 10.6 Å². The first-order chi connectivity index (χ1) is 9.18. The third-order valence-corrected chi connectivity index (χ3v) is 3.23. The molecule has 0 aromatic carbocycles. The van der Waals surface area contributed by atoms with E-state index in [0.29, 0.717) is 13.2 Å². The minimum Gasteiger partial charge on any atom is -0.481 e. The molecule has 20 heavy (non-hydrogen) atoms. The van der Waals surface area contributed by atoms with E-state index in [0.717, 1.165) is 6.42 Å². The summed E-state index contributed by atoms with van der Waals surface area (Å²) < 4.78 is 5.03. The summed E-state index contributed by atoms with van der Waals surface area (Å²) in [5.41, 5.74) is -0.0620. The van der Waals surface area contributed by atoms with Gasteiger partial charge in [0.2, 0.25) is 0 Å². The number of carbonyl (C=O) groups excluding carboxylic acids is 1. The van der Waals surface area contributed by atoms with Crippen LogP contribution < -0.4 is 10.6 Å². The number of rotatable bonds is 9. The van der Waals surface area contributed by atoms with E-state index in [9.17, 15) is 9.59 Å². The largest absolute Gasteiger partial charge is 0.481 e. The zero-order valence-electron chi connectivity index (χ0n) is 13.2. The van der Waals surface area contributed by atoms with Crippen LogP contribution in [0.2, 0.25) is 0 Å². The van der Waals surface area contributed by atoms with E-state index < -0.39 is 5.97 Å². The van der Waals surface area contributed by atoms with Gasteiger partial charge in [-0.3, -0.25) is 4.79 Å². The Kier molecular flexibility index (Phi) is 8.22. The van der Waals surface area contributed by atoms with E-state index in [-0.39, 0.29) is 29.8 Å². The first-order valence-electron chi connectivity index (χ1n) is 6.93. The van der Waals surface area contributed by atoms with E-state index in [1.54, 1.807) is 7.11 Å². The highest BCUT2D eigenvalue weighted by Crippen LogP contribution is 2.18. The van der Waals surface area contributed by atoms with Gasteiger partial charge < -0.3 is 20.5 Å². The molecule has 0 aliphatic heterocycles. The van der Waals surface area contributed by atoms with E-state index in [1.165, 1.54) is 0 Å². The lowest BCUT2D eigenvalue weighted by atomic mass is 9.90. The fourth-order valence-electron chi connectivity index (χ4n) is 1.65. The number of hydrogen-bond acceptors (Lipinski definition) is 3. The summed E-state index contributed by atoms with van der Waals surface area (Å²) >= 11 is 0. The van der Waals surface area contributed by atoms with Gasteiger partial charge in [0, 0.05) is 26.3 Å². The van der Waals surface area contributed by atoms with Crippen molar-refractivity contribution in [3.63, 3.8) is 0 Å². The number of methoxy groups -OCH3 is 1. The highest BCUT2D eigenvalue weighted by atomic mass is 16.5. The molecule has 6 nitrogen and oxygen atoms in total. The van der Waals surface area contributed by atoms with Crippen LogP contribution in [0.25, 0.3) is 0 Å². The first kappa shape index (κ1) is 18.7. The molecule has 0 aliphatic carbocycles. The molecule has 0 saturated carbocycles. The first-order valence-corrected chi connectivity index (χ1v) is 6.93. The smallest absolute Gasteiger partial charge is 0.315 e. The summed E-state index contributed by atoms with van der Waals surface area (Å²) in [5, 5.41) is 14.3. The predicted octanol–water partition coefficient (Wildman–Crippen LogP) is 1.85. The van der Waals surface area contributed by atoms with E-state index in [4.69, 9.17) is 9.84 Å². The number of amides is 2. The van der Waals surface area contributed by atoms with Gasteiger partial charge >= 0.3 is 12.0 Å². The van der Waals surface area contributed by atoms with Crippen molar-refractivity contribution >= 4 is 12.0 Å². The van der Waals surface area contributed by atoms with Crippen molar-refractivity contribution in [2.45, 2.75) is 46.6 Å². The fourth-order valence-corrected chi connectivity index (χ4v) is 1.65. The number of nitrogens with one attached hydrogen (secondary N) is 2. The molecule has 0 aromatic rings. The third kappa shape index (κ3) is 8.74. The molecule has 6 heteroatoms. The van der Waals surface area contributed by atoms with Crippen molar-refractivity contribution in [2.24, 2.45) is 11.3 Å². The second-order valence-electron chi connectivity index (χ2n) is 6.18. The lowest BCUT2D eigenvalue weighted by Crippen LogP contribution is -2.47. The number of carboxylic acid groups (broad SMARTS) is 1. The van der Waals surface area contributed by atoms with Crippen molar-refractivity contribution in [1.29, 1.82) is 0 Å². The van der Waals surface area contributed by atoms with Gasteiger partial charge in [-0.15, -0.1) is 0 Å². The highest BCUT2D eigenvalue weighted by Gasteiger charge is 2.22. The number of carboxylic acids is 1. The van der Waals surface area contributed by atoms with Crippen molar-refractivity contribution < 1.29 is 19.4 Å². The Balaban J connectivity index is 4.22. The normalized spacial score (nSPS) is 13.1. The molecule has 0 saturated heterocycles. The standard InChI is InChI=1S/C14H28N2O4/c1-10(2)11(8-12(17)18)16-13(19)15-9-14(3,4)6-7-20-5/h10-11H,6-9H2,1-5H3,(H,17,18)(H2,15,16,19). The summed E-state index contributed by atoms with van der Waals surface area (Å²) in [6, 6.07) is -0.690. The lowest BCUT2D eigenvalue weighted by molar-refractivity contribution is -0.137. The molecular formula is C14H28N2O4. The van der Waals surface area contributed by atoms with E-state index in [1.807, 2.05) is 27.7 Å². The molecule has 0 heterocycles. The minimum atomic E-state index is -0.913. The maximum Gasteiger partial charge on any atom is 0.315 e. The summed E-state index contributed by atoms with van der Waals surface area (Å²) in [5.74, 6) is -0.845. The SMILES string of the molecule is COCCC(C)(C)CNC(=O)NC(CC(=O)O)C(C)C. The molecule has 0 aromatic heterocycles. The van der Waals surface area contributed by atoms with Crippen LogP contribution >= 0.6 is 0 Å². The molecule has 118 valence electrons. The van der Waals surface area contributed by atoms with Crippen LogP contribution in [-0.2, 0) is 9.53 Å². The molecule has 0 spiro atoms. The molecule has 0 radical (unpaired) electrons. The molecular weight excluding hydrogens is 260 g/mol. The van der Waals surface area contributed by atoms with Crippen molar-refractivity contribution in [3.05, 3.63) is 0 Å². The van der Waals surface area contributed by atoms with E-state index in [2.05, 4.69) is 10.6 Å². The second kappa shape index (κ2) is 8.79. The zero-order valence-corrected chi connectivity index (χ0v) is 13.2. The van der Waals surface area contributed by atoms with Gasteiger partial charge in [0.25, 0.3) is 0 Å². The Morgan fingerprint density at radius 2 is 1.90 bits per heavy atom. The van der Waals surface area contributed by atoms with Gasteiger partial charge in [0.15, 0.2) is 0 Å². The summed E-state index contributed by atoms with van der Waals surface area (Å²) in [7, 11) is 1.65. The van der Waals surface area contributed by atoms with Gasteiger partial charge in [-0.2, -0.15) is 0 Å². The van der Waals surface area contributed by atoms with Crippen LogP contribution in [0.15, 0.2) is 0 Å². The van der Waals surface area contributed by atoms with Gasteiger partial charge in [0.1, 0.15) is 0 Å². The summed E-state index contributed by atoms with van der Waals surface area (Å²) in [6.45, 7) is 9.02. The number of hydrogen-bond donors (Lipinski definition) is 3. The second-order valence-corrected chi connectivity index (χ2v) is 6.18. The van der Waals surface area contributed by atoms with Crippen LogP contribution in [0.1, 0.15) is 40.5 Å². The Bertz CT molecular complexity index is 316. The molecule has 1 unspecified atom stereocenters. The number of urea groups is 1. The van der Waals surface area contributed by atoms with Crippen LogP contribution in [0.3, 0.4) is 0 Å². The van der Waals surface area contributed by atoms with Crippen molar-refractivity contribution in [3.8, 4) is 0 Å². The number of carbonyl (C=O) groups is 2. The third-order valence-electron chi connectivity index (χ3n) is 3.23. The summed E-state index contributed by atoms with van der Waals surface area (Å²) in [4.78, 5) is 22.6. The Hall–Kier alpha value is -1.30. The van der Waals surface area contributed by atoms with Crippen LogP contribution in [0.4, 0.5) is 4.79 Å². The predicted molar refractivity (Wildman–Crippen MR) is 77.7 cm³/mol. The van der Waals surface area contributed by atoms with Gasteiger partial charge in [-0.25, -0.2) is 4.79 Å². The quantitative estimate of drug-likeness (QED) is 0.604. The van der Waals surface area contributed by atoms with Crippen LogP contribution in [0.5, 0.6) is 0 Å². The van der Waals surface area contributed by atoms with E-state index >= 15 is 0 Å². The van der Waals surface area contributed by atoms with Crippen LogP contribution in [0, 0.1) is 11.3 Å². The van der Waals surface area contributed by atoms with Crippen molar-refractivity contribution in [2.75, 3.05) is 20.3 Å². The van der Waals surface area contributed by atoms with Gasteiger partial charge in [-0.1, -0.05) is 27.7 Å². The average molecular weight is 288 g/mol. The molecule has 3 N–H and O–H groups in total. The number of ether oxygens (including phenoxy) is 1. The summed E-state index contributed by atoms with van der Waals surface area (Å²) in [6.07, 6.45) is 0.769. The Labute approximate surface area is 121 Å². The Morgan fingerprint density at radius 1 is 1.30 bits per heavy atom. The fraction of sp³-hybridized carbons (Fsp3) is 0.857. The lowest BCUT2D eigenvalue weighted by Gasteiger charge is -2.26. The monoisotopic (exact) mass is 288 g/mol.